The number of epoxide rings is 1. The Hall–Kier alpha value is -0.860. The summed E-state index contributed by atoms with van der Waals surface area (Å²) in [4.78, 5) is 0. The van der Waals surface area contributed by atoms with Crippen LogP contribution >= 0.6 is 0 Å². The first-order valence-electron chi connectivity index (χ1n) is 4.73. The molecule has 0 spiro atoms. The maximum Gasteiger partial charge on any atom is 0.0965 e. The summed E-state index contributed by atoms with van der Waals surface area (Å²) in [5.41, 5.74) is 1.37. The van der Waals surface area contributed by atoms with Gasteiger partial charge in [0.25, 0.3) is 0 Å². The summed E-state index contributed by atoms with van der Waals surface area (Å²) in [6.45, 7) is 0.915. The molecule has 2 heteroatoms. The van der Waals surface area contributed by atoms with Gasteiger partial charge in [0.15, 0.2) is 0 Å². The van der Waals surface area contributed by atoms with Gasteiger partial charge in [0.2, 0.25) is 0 Å². The quantitative estimate of drug-likeness (QED) is 0.699. The molecule has 2 atom stereocenters. The second-order valence-corrected chi connectivity index (χ2v) is 3.46. The fourth-order valence-electron chi connectivity index (χ4n) is 1.58. The van der Waals surface area contributed by atoms with Crippen molar-refractivity contribution in [1.82, 2.24) is 5.32 Å². The first-order chi connectivity index (χ1) is 6.40. The highest BCUT2D eigenvalue weighted by atomic mass is 16.6. The molecule has 1 aliphatic rings. The van der Waals surface area contributed by atoms with E-state index in [9.17, 15) is 0 Å². The van der Waals surface area contributed by atoms with Crippen molar-refractivity contribution in [3.8, 4) is 0 Å². The van der Waals surface area contributed by atoms with Gasteiger partial charge in [-0.1, -0.05) is 30.3 Å². The minimum atomic E-state index is 0.435. The average Bonchev–Trinajstić information content (AvgIpc) is 2.99. The summed E-state index contributed by atoms with van der Waals surface area (Å²) in [5.74, 6) is 0. The highest BCUT2D eigenvalue weighted by molar-refractivity contribution is 5.16. The molecule has 1 fully saturated rings. The van der Waals surface area contributed by atoms with Gasteiger partial charge in [0.05, 0.1) is 12.7 Å². The van der Waals surface area contributed by atoms with Crippen LogP contribution in [0.2, 0.25) is 0 Å². The monoisotopic (exact) mass is 177 g/mol. The van der Waals surface area contributed by atoms with E-state index in [-0.39, 0.29) is 0 Å². The fraction of sp³-hybridized carbons (Fsp3) is 0.455. The van der Waals surface area contributed by atoms with Crippen molar-refractivity contribution in [3.05, 3.63) is 35.9 Å². The second-order valence-electron chi connectivity index (χ2n) is 3.46. The van der Waals surface area contributed by atoms with Crippen LogP contribution in [-0.4, -0.2) is 25.8 Å². The van der Waals surface area contributed by atoms with E-state index in [2.05, 4.69) is 29.6 Å². The van der Waals surface area contributed by atoms with Crippen LogP contribution < -0.4 is 5.32 Å². The van der Waals surface area contributed by atoms with E-state index in [4.69, 9.17) is 4.74 Å². The first-order valence-corrected chi connectivity index (χ1v) is 4.73. The topological polar surface area (TPSA) is 24.6 Å². The molecule has 1 aliphatic heterocycles. The number of ether oxygens (including phenoxy) is 1. The molecular formula is C11H15NO. The normalized spacial score (nSPS) is 22.7. The molecule has 2 nitrogen and oxygen atoms in total. The van der Waals surface area contributed by atoms with Crippen molar-refractivity contribution in [3.63, 3.8) is 0 Å². The van der Waals surface area contributed by atoms with Crippen molar-refractivity contribution in [2.75, 3.05) is 13.7 Å². The molecule has 0 aliphatic carbocycles. The van der Waals surface area contributed by atoms with Crippen LogP contribution in [-0.2, 0) is 11.2 Å². The minimum absolute atomic E-state index is 0.435. The van der Waals surface area contributed by atoms with Gasteiger partial charge < -0.3 is 10.1 Å². The molecule has 1 saturated heterocycles. The van der Waals surface area contributed by atoms with Crippen LogP contribution in [0.3, 0.4) is 0 Å². The lowest BCUT2D eigenvalue weighted by molar-refractivity contribution is 0.349. The summed E-state index contributed by atoms with van der Waals surface area (Å²) in [5, 5.41) is 3.29. The largest absolute Gasteiger partial charge is 0.371 e. The Labute approximate surface area is 78.9 Å². The van der Waals surface area contributed by atoms with E-state index in [0.717, 1.165) is 13.0 Å². The van der Waals surface area contributed by atoms with E-state index in [1.807, 2.05) is 13.1 Å². The molecule has 2 rings (SSSR count). The Balaban J connectivity index is 1.95. The van der Waals surface area contributed by atoms with Gasteiger partial charge in [0.1, 0.15) is 0 Å². The molecule has 1 heterocycles. The van der Waals surface area contributed by atoms with Gasteiger partial charge >= 0.3 is 0 Å². The molecule has 13 heavy (non-hydrogen) atoms. The number of rotatable bonds is 4. The zero-order chi connectivity index (χ0) is 9.10. The molecule has 0 radical (unpaired) electrons. The average molecular weight is 177 g/mol. The SMILES string of the molecule is CNC(Cc1ccccc1)[C@H]1CO1. The van der Waals surface area contributed by atoms with Crippen molar-refractivity contribution in [1.29, 1.82) is 0 Å². The van der Waals surface area contributed by atoms with Crippen molar-refractivity contribution in [2.24, 2.45) is 0 Å². The van der Waals surface area contributed by atoms with Crippen LogP contribution in [0.25, 0.3) is 0 Å². The van der Waals surface area contributed by atoms with Gasteiger partial charge in [-0.2, -0.15) is 0 Å². The summed E-state index contributed by atoms with van der Waals surface area (Å²) < 4.78 is 5.27. The Morgan fingerprint density at radius 1 is 1.46 bits per heavy atom. The predicted molar refractivity (Wildman–Crippen MR) is 52.7 cm³/mol. The summed E-state index contributed by atoms with van der Waals surface area (Å²) >= 11 is 0. The molecular weight excluding hydrogens is 162 g/mol. The van der Waals surface area contributed by atoms with Crippen molar-refractivity contribution < 1.29 is 4.74 Å². The molecule has 70 valence electrons. The number of likely N-dealkylation sites (N-methyl/N-ethyl adjacent to an activating group) is 1. The zero-order valence-electron chi connectivity index (χ0n) is 7.86. The van der Waals surface area contributed by atoms with E-state index in [1.165, 1.54) is 5.56 Å². The van der Waals surface area contributed by atoms with Crippen LogP contribution in [0.15, 0.2) is 30.3 Å². The lowest BCUT2D eigenvalue weighted by Gasteiger charge is -2.12. The maximum absolute atomic E-state index is 5.27. The van der Waals surface area contributed by atoms with E-state index in [0.29, 0.717) is 12.1 Å². The number of hydrogen-bond donors (Lipinski definition) is 1. The molecule has 0 aromatic heterocycles. The van der Waals surface area contributed by atoms with Gasteiger partial charge in [-0.25, -0.2) is 0 Å². The van der Waals surface area contributed by atoms with Crippen LogP contribution in [0.1, 0.15) is 5.56 Å². The third-order valence-electron chi connectivity index (χ3n) is 2.48. The van der Waals surface area contributed by atoms with Crippen molar-refractivity contribution >= 4 is 0 Å². The molecule has 1 unspecified atom stereocenters. The van der Waals surface area contributed by atoms with Gasteiger partial charge in [-0.3, -0.25) is 0 Å². The lowest BCUT2D eigenvalue weighted by Crippen LogP contribution is -2.32. The minimum Gasteiger partial charge on any atom is -0.371 e. The third kappa shape index (κ3) is 2.29. The second kappa shape index (κ2) is 3.90. The van der Waals surface area contributed by atoms with Crippen LogP contribution in [0, 0.1) is 0 Å². The Kier molecular flexibility index (Phi) is 2.62. The predicted octanol–water partition coefficient (Wildman–Crippen LogP) is 1.22. The number of nitrogens with one attached hydrogen (secondary N) is 1. The first kappa shape index (κ1) is 8.73. The Morgan fingerprint density at radius 2 is 2.15 bits per heavy atom. The van der Waals surface area contributed by atoms with Crippen LogP contribution in [0.4, 0.5) is 0 Å². The molecule has 0 saturated carbocycles. The molecule has 1 aromatic carbocycles. The molecule has 1 N–H and O–H groups in total. The molecule has 0 bridgehead atoms. The lowest BCUT2D eigenvalue weighted by atomic mass is 10.0. The zero-order valence-corrected chi connectivity index (χ0v) is 7.86. The maximum atomic E-state index is 5.27. The van der Waals surface area contributed by atoms with Crippen LogP contribution in [0.5, 0.6) is 0 Å². The summed E-state index contributed by atoms with van der Waals surface area (Å²) in [6.07, 6.45) is 1.49. The van der Waals surface area contributed by atoms with Gasteiger partial charge in [0, 0.05) is 6.04 Å². The Bertz CT molecular complexity index is 256. The third-order valence-corrected chi connectivity index (χ3v) is 2.48. The molecule has 0 amide bonds. The highest BCUT2D eigenvalue weighted by Crippen LogP contribution is 2.17. The standard InChI is InChI=1S/C11H15NO/c1-12-10(11-8-13-11)7-9-5-3-2-4-6-9/h2-6,10-12H,7-8H2,1H3/t10?,11-/m1/s1. The van der Waals surface area contributed by atoms with Gasteiger partial charge in [-0.15, -0.1) is 0 Å². The summed E-state index contributed by atoms with van der Waals surface area (Å²) in [7, 11) is 2.00. The number of benzene rings is 1. The fourth-order valence-corrected chi connectivity index (χ4v) is 1.58. The van der Waals surface area contributed by atoms with E-state index in [1.54, 1.807) is 0 Å². The summed E-state index contributed by atoms with van der Waals surface area (Å²) in [6, 6.07) is 11.0. The molecule has 1 aromatic rings. The Morgan fingerprint density at radius 3 is 2.69 bits per heavy atom. The van der Waals surface area contributed by atoms with Crippen molar-refractivity contribution in [2.45, 2.75) is 18.6 Å². The smallest absolute Gasteiger partial charge is 0.0965 e. The number of hydrogen-bond acceptors (Lipinski definition) is 2. The van der Waals surface area contributed by atoms with Gasteiger partial charge in [-0.05, 0) is 19.0 Å². The van der Waals surface area contributed by atoms with E-state index >= 15 is 0 Å². The highest BCUT2D eigenvalue weighted by Gasteiger charge is 2.31. The van der Waals surface area contributed by atoms with E-state index < -0.39 is 0 Å².